The van der Waals surface area contributed by atoms with Crippen LogP contribution in [0.5, 0.6) is 0 Å². The number of amides is 1. The molecule has 1 aliphatic heterocycles. The van der Waals surface area contributed by atoms with Gasteiger partial charge in [-0.1, -0.05) is 11.8 Å². The lowest BCUT2D eigenvalue weighted by molar-refractivity contribution is -0.118. The fraction of sp³-hybridized carbons (Fsp3) is 0.267. The molecule has 21 heavy (non-hydrogen) atoms. The number of fused-ring (bicyclic) bond motifs is 2. The molecule has 2 aromatic heterocycles. The molecule has 0 aromatic carbocycles. The van der Waals surface area contributed by atoms with Gasteiger partial charge in [-0.25, -0.2) is 4.98 Å². The van der Waals surface area contributed by atoms with E-state index in [9.17, 15) is 4.79 Å². The summed E-state index contributed by atoms with van der Waals surface area (Å²) >= 11 is 1.72. The Balaban J connectivity index is 1.83. The normalized spacial score (nSPS) is 12.5. The SMILES string of the molecule is CC(=O)NCCCN1c2cnccc2Sc2cccnc21. The average Bonchev–Trinajstić information content (AvgIpc) is 2.50. The van der Waals surface area contributed by atoms with Crippen LogP contribution < -0.4 is 10.2 Å². The van der Waals surface area contributed by atoms with E-state index in [1.165, 1.54) is 11.8 Å². The second-order valence-electron chi connectivity index (χ2n) is 4.76. The lowest BCUT2D eigenvalue weighted by atomic mass is 10.3. The van der Waals surface area contributed by atoms with E-state index in [2.05, 4.69) is 26.3 Å². The van der Waals surface area contributed by atoms with Crippen molar-refractivity contribution >= 4 is 29.2 Å². The van der Waals surface area contributed by atoms with Crippen LogP contribution in [-0.4, -0.2) is 29.0 Å². The summed E-state index contributed by atoms with van der Waals surface area (Å²) in [6, 6.07) is 6.06. The molecule has 0 unspecified atom stereocenters. The molecule has 2 aromatic rings. The van der Waals surface area contributed by atoms with E-state index in [4.69, 9.17) is 0 Å². The summed E-state index contributed by atoms with van der Waals surface area (Å²) in [5.41, 5.74) is 1.08. The van der Waals surface area contributed by atoms with E-state index in [1.807, 2.05) is 30.7 Å². The number of carbonyl (C=O) groups is 1. The first-order valence-electron chi connectivity index (χ1n) is 6.84. The summed E-state index contributed by atoms with van der Waals surface area (Å²) in [5.74, 6) is 0.968. The van der Waals surface area contributed by atoms with Gasteiger partial charge in [0.05, 0.1) is 16.8 Å². The van der Waals surface area contributed by atoms with Gasteiger partial charge in [-0.3, -0.25) is 9.78 Å². The summed E-state index contributed by atoms with van der Waals surface area (Å²) in [7, 11) is 0. The highest BCUT2D eigenvalue weighted by Gasteiger charge is 2.23. The van der Waals surface area contributed by atoms with Crippen LogP contribution in [0.3, 0.4) is 0 Å². The second-order valence-corrected chi connectivity index (χ2v) is 5.84. The molecule has 3 rings (SSSR count). The summed E-state index contributed by atoms with van der Waals surface area (Å²) in [6.45, 7) is 2.99. The van der Waals surface area contributed by atoms with E-state index in [1.54, 1.807) is 11.8 Å². The first kappa shape index (κ1) is 13.9. The molecule has 1 amide bonds. The third-order valence-corrected chi connectivity index (χ3v) is 4.31. The smallest absolute Gasteiger partial charge is 0.216 e. The minimum atomic E-state index is 0.00444. The van der Waals surface area contributed by atoms with Gasteiger partial charge < -0.3 is 10.2 Å². The van der Waals surface area contributed by atoms with Crippen LogP contribution in [0.25, 0.3) is 0 Å². The van der Waals surface area contributed by atoms with Crippen LogP contribution in [-0.2, 0) is 4.79 Å². The molecule has 1 N–H and O–H groups in total. The topological polar surface area (TPSA) is 58.1 Å². The van der Waals surface area contributed by atoms with Gasteiger partial charge >= 0.3 is 0 Å². The lowest BCUT2D eigenvalue weighted by Crippen LogP contribution is -2.28. The molecule has 0 radical (unpaired) electrons. The van der Waals surface area contributed by atoms with E-state index < -0.39 is 0 Å². The van der Waals surface area contributed by atoms with E-state index >= 15 is 0 Å². The molecule has 108 valence electrons. The maximum Gasteiger partial charge on any atom is 0.216 e. The van der Waals surface area contributed by atoms with Crippen LogP contribution in [0, 0.1) is 0 Å². The fourth-order valence-electron chi connectivity index (χ4n) is 2.29. The van der Waals surface area contributed by atoms with Gasteiger partial charge in [0.25, 0.3) is 0 Å². The Kier molecular flexibility index (Phi) is 4.06. The fourth-order valence-corrected chi connectivity index (χ4v) is 3.32. The molecular weight excluding hydrogens is 284 g/mol. The van der Waals surface area contributed by atoms with Crippen molar-refractivity contribution in [2.24, 2.45) is 0 Å². The molecule has 0 spiro atoms. The number of carbonyl (C=O) groups excluding carboxylic acids is 1. The highest BCUT2D eigenvalue weighted by atomic mass is 32.2. The summed E-state index contributed by atoms with van der Waals surface area (Å²) in [5, 5.41) is 2.83. The minimum absolute atomic E-state index is 0.00444. The third kappa shape index (κ3) is 3.00. The van der Waals surface area contributed by atoms with Crippen molar-refractivity contribution in [1.82, 2.24) is 15.3 Å². The van der Waals surface area contributed by atoms with Crippen molar-refractivity contribution in [2.75, 3.05) is 18.0 Å². The Morgan fingerprint density at radius 2 is 2.24 bits per heavy atom. The molecule has 0 saturated carbocycles. The maximum absolute atomic E-state index is 10.9. The predicted octanol–water partition coefficient (Wildman–Crippen LogP) is 2.61. The highest BCUT2D eigenvalue weighted by Crippen LogP contribution is 2.46. The van der Waals surface area contributed by atoms with Gasteiger partial charge in [0.1, 0.15) is 5.82 Å². The van der Waals surface area contributed by atoms with Crippen LogP contribution >= 0.6 is 11.8 Å². The molecular formula is C15H16N4OS. The largest absolute Gasteiger partial charge is 0.356 e. The van der Waals surface area contributed by atoms with E-state index in [-0.39, 0.29) is 5.91 Å². The summed E-state index contributed by atoms with van der Waals surface area (Å²) in [4.78, 5) is 24.2. The highest BCUT2D eigenvalue weighted by molar-refractivity contribution is 7.99. The molecule has 0 atom stereocenters. The Bertz CT molecular complexity index is 616. The van der Waals surface area contributed by atoms with Gasteiger partial charge in [-0.2, -0.15) is 0 Å². The van der Waals surface area contributed by atoms with Gasteiger partial charge in [0.2, 0.25) is 5.91 Å². The predicted molar refractivity (Wildman–Crippen MR) is 82.9 cm³/mol. The van der Waals surface area contributed by atoms with E-state index in [0.717, 1.165) is 29.4 Å². The molecule has 0 bridgehead atoms. The zero-order chi connectivity index (χ0) is 14.7. The first-order chi connectivity index (χ1) is 10.3. The number of rotatable bonds is 4. The zero-order valence-corrected chi connectivity index (χ0v) is 12.6. The molecule has 5 nitrogen and oxygen atoms in total. The zero-order valence-electron chi connectivity index (χ0n) is 11.7. The molecule has 1 aliphatic rings. The number of nitrogens with one attached hydrogen (secondary N) is 1. The Morgan fingerprint density at radius 3 is 3.10 bits per heavy atom. The number of anilines is 2. The van der Waals surface area contributed by atoms with E-state index in [0.29, 0.717) is 6.54 Å². The monoisotopic (exact) mass is 300 g/mol. The van der Waals surface area contributed by atoms with Crippen molar-refractivity contribution in [3.8, 4) is 0 Å². The van der Waals surface area contributed by atoms with Crippen molar-refractivity contribution < 1.29 is 4.79 Å². The van der Waals surface area contributed by atoms with Crippen molar-refractivity contribution in [3.63, 3.8) is 0 Å². The van der Waals surface area contributed by atoms with Gasteiger partial charge in [-0.05, 0) is 24.6 Å². The van der Waals surface area contributed by atoms with Crippen LogP contribution in [0.15, 0.2) is 46.6 Å². The number of nitrogens with zero attached hydrogens (tertiary/aromatic N) is 3. The second kappa shape index (κ2) is 6.13. The molecule has 0 saturated heterocycles. The summed E-state index contributed by atoms with van der Waals surface area (Å²) < 4.78 is 0. The van der Waals surface area contributed by atoms with Crippen LogP contribution in [0.2, 0.25) is 0 Å². The van der Waals surface area contributed by atoms with Gasteiger partial charge in [-0.15, -0.1) is 0 Å². The van der Waals surface area contributed by atoms with Gasteiger partial charge in [0.15, 0.2) is 0 Å². The molecule has 3 heterocycles. The molecule has 0 aliphatic carbocycles. The van der Waals surface area contributed by atoms with Crippen molar-refractivity contribution in [2.45, 2.75) is 23.1 Å². The van der Waals surface area contributed by atoms with Crippen molar-refractivity contribution in [1.29, 1.82) is 0 Å². The van der Waals surface area contributed by atoms with Gasteiger partial charge in [0, 0.05) is 37.3 Å². The van der Waals surface area contributed by atoms with Crippen LogP contribution in [0.4, 0.5) is 11.5 Å². The quantitative estimate of drug-likeness (QED) is 0.880. The molecule has 0 fully saturated rings. The number of hydrogen-bond acceptors (Lipinski definition) is 5. The Morgan fingerprint density at radius 1 is 1.33 bits per heavy atom. The number of pyridine rings is 2. The Labute approximate surface area is 127 Å². The minimum Gasteiger partial charge on any atom is -0.356 e. The Hall–Kier alpha value is -2.08. The summed E-state index contributed by atoms with van der Waals surface area (Å²) in [6.07, 6.45) is 6.34. The lowest BCUT2D eigenvalue weighted by Gasteiger charge is -2.31. The first-order valence-corrected chi connectivity index (χ1v) is 7.66. The van der Waals surface area contributed by atoms with Crippen molar-refractivity contribution in [3.05, 3.63) is 36.8 Å². The molecule has 6 heteroatoms. The third-order valence-electron chi connectivity index (χ3n) is 3.21. The standard InChI is InChI=1S/C15H16N4OS/c1-11(20)17-7-3-9-19-12-10-16-8-5-13(12)21-14-4-2-6-18-15(14)19/h2,4-6,8,10H,3,7,9H2,1H3,(H,17,20). The van der Waals surface area contributed by atoms with Crippen LogP contribution in [0.1, 0.15) is 13.3 Å². The number of aromatic nitrogens is 2. The maximum atomic E-state index is 10.9. The number of hydrogen-bond donors (Lipinski definition) is 1. The average molecular weight is 300 g/mol.